The number of imidazole rings is 1. The van der Waals surface area contributed by atoms with Crippen molar-refractivity contribution in [1.29, 1.82) is 0 Å². The van der Waals surface area contributed by atoms with Gasteiger partial charge in [0.1, 0.15) is 17.8 Å². The molecule has 0 aliphatic heterocycles. The first-order chi connectivity index (χ1) is 15.9. The van der Waals surface area contributed by atoms with Crippen molar-refractivity contribution in [3.63, 3.8) is 0 Å². The number of aromatic nitrogens is 6. The summed E-state index contributed by atoms with van der Waals surface area (Å²) in [7, 11) is 0. The monoisotopic (exact) mass is 442 g/mol. The topological polar surface area (TPSA) is 117 Å². The van der Waals surface area contributed by atoms with Gasteiger partial charge in [0, 0.05) is 23.8 Å². The Hall–Kier alpha value is -4.01. The molecule has 5 rings (SSSR count). The molecular weight excluding hydrogens is 416 g/mol. The summed E-state index contributed by atoms with van der Waals surface area (Å²) >= 11 is 0. The van der Waals surface area contributed by atoms with E-state index in [4.69, 9.17) is 5.73 Å². The number of nitrogens with two attached hydrogens (primary N) is 1. The van der Waals surface area contributed by atoms with Crippen LogP contribution in [0.4, 0.5) is 11.5 Å². The van der Waals surface area contributed by atoms with Crippen LogP contribution in [0.3, 0.4) is 0 Å². The number of pyridine rings is 1. The molecule has 1 amide bonds. The maximum atomic E-state index is 13.1. The third-order valence-electron chi connectivity index (χ3n) is 5.84. The predicted octanol–water partition coefficient (Wildman–Crippen LogP) is 4.13. The first-order valence-corrected chi connectivity index (χ1v) is 11.0. The molecule has 1 aromatic carbocycles. The van der Waals surface area contributed by atoms with Gasteiger partial charge in [-0.1, -0.05) is 6.07 Å². The van der Waals surface area contributed by atoms with Crippen LogP contribution in [0.2, 0.25) is 0 Å². The number of rotatable bonds is 6. The van der Waals surface area contributed by atoms with Crippen LogP contribution in [0.25, 0.3) is 17.2 Å². The first-order valence-electron chi connectivity index (χ1n) is 11.0. The highest BCUT2D eigenvalue weighted by Crippen LogP contribution is 2.39. The van der Waals surface area contributed by atoms with Crippen LogP contribution >= 0.6 is 0 Å². The Bertz CT molecular complexity index is 1330. The van der Waals surface area contributed by atoms with Crippen molar-refractivity contribution in [1.82, 2.24) is 29.3 Å². The van der Waals surface area contributed by atoms with Gasteiger partial charge in [-0.05, 0) is 63.4 Å². The van der Waals surface area contributed by atoms with Gasteiger partial charge in [0.15, 0.2) is 5.82 Å². The highest BCUT2D eigenvalue weighted by atomic mass is 16.1. The Labute approximate surface area is 191 Å². The summed E-state index contributed by atoms with van der Waals surface area (Å²) in [5, 5.41) is 11.0. The average molecular weight is 443 g/mol. The zero-order valence-corrected chi connectivity index (χ0v) is 18.9. The third kappa shape index (κ3) is 4.09. The quantitative estimate of drug-likeness (QED) is 0.434. The maximum absolute atomic E-state index is 13.1. The molecule has 1 aliphatic carbocycles. The lowest BCUT2D eigenvalue weighted by Crippen LogP contribution is -2.16. The Balaban J connectivity index is 1.42. The highest BCUT2D eigenvalue weighted by molar-refractivity contribution is 6.08. The lowest BCUT2D eigenvalue weighted by Gasteiger charge is -2.13. The van der Waals surface area contributed by atoms with Gasteiger partial charge in [0.25, 0.3) is 5.91 Å². The Morgan fingerprint density at radius 2 is 2.03 bits per heavy atom. The second-order valence-electron chi connectivity index (χ2n) is 8.72. The second-order valence-corrected chi connectivity index (χ2v) is 8.72. The molecule has 33 heavy (non-hydrogen) atoms. The van der Waals surface area contributed by atoms with Crippen molar-refractivity contribution in [3.8, 4) is 17.2 Å². The number of aryl methyl sites for hydroxylation is 1. The van der Waals surface area contributed by atoms with Gasteiger partial charge >= 0.3 is 0 Å². The molecule has 1 saturated carbocycles. The van der Waals surface area contributed by atoms with Gasteiger partial charge in [0.2, 0.25) is 0 Å². The average Bonchev–Trinajstić information content (AvgIpc) is 3.31. The molecular formula is C24H26N8O. The van der Waals surface area contributed by atoms with Gasteiger partial charge < -0.3 is 20.2 Å². The molecule has 168 valence electrons. The lowest BCUT2D eigenvalue weighted by atomic mass is 10.1. The number of nitrogens with one attached hydrogen (secondary N) is 1. The van der Waals surface area contributed by atoms with Crippen LogP contribution in [0.15, 0.2) is 49.2 Å². The predicted molar refractivity (Wildman–Crippen MR) is 126 cm³/mol. The van der Waals surface area contributed by atoms with E-state index in [0.717, 1.165) is 16.9 Å². The summed E-state index contributed by atoms with van der Waals surface area (Å²) in [6, 6.07) is 9.21. The molecule has 4 aromatic rings. The number of carbonyl (C=O) groups excluding carboxylic acids is 1. The minimum Gasteiger partial charge on any atom is -0.398 e. The van der Waals surface area contributed by atoms with E-state index in [9.17, 15) is 4.79 Å². The van der Waals surface area contributed by atoms with Crippen molar-refractivity contribution in [3.05, 3.63) is 66.0 Å². The van der Waals surface area contributed by atoms with Crippen LogP contribution in [0.1, 0.15) is 60.3 Å². The lowest BCUT2D eigenvalue weighted by molar-refractivity contribution is 0.102. The minimum atomic E-state index is -0.328. The molecule has 0 saturated heterocycles. The summed E-state index contributed by atoms with van der Waals surface area (Å²) in [5.74, 6) is 1.29. The number of nitrogens with zero attached hydrogens (tertiary/aromatic N) is 6. The summed E-state index contributed by atoms with van der Waals surface area (Å²) in [6.07, 6.45) is 7.87. The fourth-order valence-corrected chi connectivity index (χ4v) is 3.87. The molecule has 0 spiro atoms. The molecule has 9 nitrogen and oxygen atoms in total. The van der Waals surface area contributed by atoms with Crippen molar-refractivity contribution in [2.75, 3.05) is 11.1 Å². The van der Waals surface area contributed by atoms with Gasteiger partial charge in [-0.3, -0.25) is 4.79 Å². The number of hydrogen-bond donors (Lipinski definition) is 2. The highest BCUT2D eigenvalue weighted by Gasteiger charge is 2.26. The largest absolute Gasteiger partial charge is 0.398 e. The Morgan fingerprint density at radius 1 is 1.21 bits per heavy atom. The van der Waals surface area contributed by atoms with Crippen molar-refractivity contribution in [2.45, 2.75) is 45.6 Å². The van der Waals surface area contributed by atoms with Crippen molar-refractivity contribution < 1.29 is 4.79 Å². The number of hydrogen-bond acceptors (Lipinski definition) is 6. The van der Waals surface area contributed by atoms with Crippen LogP contribution in [0, 0.1) is 6.92 Å². The van der Waals surface area contributed by atoms with E-state index in [2.05, 4.69) is 25.5 Å². The fourth-order valence-electron chi connectivity index (χ4n) is 3.87. The minimum absolute atomic E-state index is 0.185. The Morgan fingerprint density at radius 3 is 2.79 bits per heavy atom. The summed E-state index contributed by atoms with van der Waals surface area (Å²) in [5.41, 5.74) is 10.6. The van der Waals surface area contributed by atoms with E-state index in [1.54, 1.807) is 24.8 Å². The van der Waals surface area contributed by atoms with Crippen molar-refractivity contribution >= 4 is 17.4 Å². The van der Waals surface area contributed by atoms with Gasteiger partial charge in [-0.15, -0.1) is 10.2 Å². The van der Waals surface area contributed by atoms with Gasteiger partial charge in [0.05, 0.1) is 23.3 Å². The van der Waals surface area contributed by atoms with E-state index < -0.39 is 0 Å². The molecule has 3 heterocycles. The standard InChI is InChI=1S/C24H26N8O/c1-14(2)32-13-27-30-23(32)19-5-4-6-22(28-19)29-24(33)17-10-21(15(3)9-18(17)25)31-11-20(26-12-31)16-7-8-16/h4-6,9-14,16H,7-8,25H2,1-3H3,(H,28,29,33). The number of carbonyl (C=O) groups is 1. The zero-order chi connectivity index (χ0) is 23.1. The summed E-state index contributed by atoms with van der Waals surface area (Å²) < 4.78 is 3.88. The SMILES string of the molecule is Cc1cc(N)c(C(=O)Nc2cccc(-c3nncn3C(C)C)n2)cc1-n1cnc(C2CC2)c1. The number of benzene rings is 1. The first kappa shape index (κ1) is 20.9. The summed E-state index contributed by atoms with van der Waals surface area (Å²) in [4.78, 5) is 22.2. The van der Waals surface area contributed by atoms with E-state index in [0.29, 0.717) is 34.5 Å². The summed E-state index contributed by atoms with van der Waals surface area (Å²) in [6.45, 7) is 6.06. The third-order valence-corrected chi connectivity index (χ3v) is 5.84. The Kier molecular flexibility index (Phi) is 5.16. The van der Waals surface area contributed by atoms with E-state index in [-0.39, 0.29) is 11.9 Å². The molecule has 1 fully saturated rings. The van der Waals surface area contributed by atoms with E-state index in [1.165, 1.54) is 12.8 Å². The van der Waals surface area contributed by atoms with Crippen LogP contribution in [-0.2, 0) is 0 Å². The van der Waals surface area contributed by atoms with E-state index in [1.807, 2.05) is 54.3 Å². The molecule has 0 unspecified atom stereocenters. The molecule has 0 atom stereocenters. The number of nitrogen functional groups attached to an aromatic ring is 1. The van der Waals surface area contributed by atoms with Crippen LogP contribution in [-0.4, -0.2) is 35.2 Å². The molecule has 0 radical (unpaired) electrons. The molecule has 9 heteroatoms. The smallest absolute Gasteiger partial charge is 0.258 e. The zero-order valence-electron chi connectivity index (χ0n) is 18.9. The van der Waals surface area contributed by atoms with Crippen LogP contribution < -0.4 is 11.1 Å². The number of anilines is 2. The molecule has 3 aromatic heterocycles. The molecule has 1 aliphatic rings. The van der Waals surface area contributed by atoms with Gasteiger partial charge in [-0.2, -0.15) is 0 Å². The molecule has 3 N–H and O–H groups in total. The van der Waals surface area contributed by atoms with Gasteiger partial charge in [-0.25, -0.2) is 9.97 Å². The second kappa shape index (κ2) is 8.16. The molecule has 0 bridgehead atoms. The fraction of sp³-hybridized carbons (Fsp3) is 0.292. The van der Waals surface area contributed by atoms with Crippen LogP contribution in [0.5, 0.6) is 0 Å². The number of amides is 1. The van der Waals surface area contributed by atoms with Crippen molar-refractivity contribution in [2.24, 2.45) is 0 Å². The maximum Gasteiger partial charge on any atom is 0.258 e. The van der Waals surface area contributed by atoms with E-state index >= 15 is 0 Å². The normalized spacial score (nSPS) is 13.5.